The van der Waals surface area contributed by atoms with E-state index >= 15 is 4.39 Å². The van der Waals surface area contributed by atoms with Crippen molar-refractivity contribution in [3.63, 3.8) is 0 Å². The first kappa shape index (κ1) is 25.0. The minimum absolute atomic E-state index is 0.0579. The van der Waals surface area contributed by atoms with E-state index < -0.39 is 22.8 Å². The number of amides is 1. The Morgan fingerprint density at radius 3 is 2.84 bits per heavy atom. The molecule has 0 radical (unpaired) electrons. The van der Waals surface area contributed by atoms with Crippen molar-refractivity contribution in [2.75, 3.05) is 30.0 Å². The van der Waals surface area contributed by atoms with E-state index in [4.69, 9.17) is 21.8 Å². The molecule has 3 aromatic rings. The van der Waals surface area contributed by atoms with Gasteiger partial charge in [-0.15, -0.1) is 22.0 Å². The summed E-state index contributed by atoms with van der Waals surface area (Å²) in [6.45, 7) is 1.60. The van der Waals surface area contributed by atoms with Crippen LogP contribution in [0.3, 0.4) is 0 Å². The number of halogens is 2. The molecule has 4 atom stereocenters. The van der Waals surface area contributed by atoms with Crippen molar-refractivity contribution >= 4 is 45.9 Å². The Bertz CT molecular complexity index is 1400. The highest BCUT2D eigenvalue weighted by Crippen LogP contribution is 2.58. The maximum Gasteiger partial charge on any atom is 0.250 e. The molecule has 194 valence electrons. The molecule has 2 N–H and O–H groups in total. The normalized spacial score (nSPS) is 26.4. The Hall–Kier alpha value is -2.31. The molecule has 3 unspecified atom stereocenters. The number of benzene rings is 2. The summed E-state index contributed by atoms with van der Waals surface area (Å²) in [5, 5.41) is 9.07. The summed E-state index contributed by atoms with van der Waals surface area (Å²) in [5.41, 5.74) is 7.35. The predicted molar refractivity (Wildman–Crippen MR) is 141 cm³/mol. The van der Waals surface area contributed by atoms with Gasteiger partial charge in [-0.05, 0) is 48.6 Å². The molecule has 12 heteroatoms. The predicted octanol–water partition coefficient (Wildman–Crippen LogP) is 3.75. The topological polar surface area (TPSA) is 106 Å². The van der Waals surface area contributed by atoms with E-state index in [1.54, 1.807) is 29.4 Å². The lowest BCUT2D eigenvalue weighted by molar-refractivity contribution is -0.119. The van der Waals surface area contributed by atoms with Gasteiger partial charge in [-0.2, -0.15) is 0 Å². The second-order valence-electron chi connectivity index (χ2n) is 9.81. The zero-order valence-electron chi connectivity index (χ0n) is 20.0. The number of piperidine rings is 1. The zero-order valence-corrected chi connectivity index (χ0v) is 22.4. The van der Waals surface area contributed by atoms with Crippen LogP contribution in [0.1, 0.15) is 24.3 Å². The van der Waals surface area contributed by atoms with Crippen LogP contribution in [0, 0.1) is 11.7 Å². The number of carbonyl (C=O) groups excluding carboxylic acids is 1. The SMILES string of the molecule is CS(=O)N1CCC2CC2(c2nnc(-c3cc4c(cc3F)SC[C@H](N)C(=O)N4Cc3ccc(Cl)cc3)o2)C1. The van der Waals surface area contributed by atoms with Crippen LogP contribution in [0.25, 0.3) is 11.5 Å². The van der Waals surface area contributed by atoms with E-state index in [1.807, 2.05) is 16.4 Å². The number of aromatic nitrogens is 2. The number of fused-ring (bicyclic) bond motifs is 2. The number of nitrogens with two attached hydrogens (primary N) is 1. The van der Waals surface area contributed by atoms with E-state index in [0.29, 0.717) is 39.7 Å². The number of rotatable bonds is 5. The average Bonchev–Trinajstić information content (AvgIpc) is 3.45. The number of hydrogen-bond acceptors (Lipinski definition) is 7. The maximum atomic E-state index is 15.4. The summed E-state index contributed by atoms with van der Waals surface area (Å²) in [7, 11) is -1.08. The fourth-order valence-corrected chi connectivity index (χ4v) is 7.17. The van der Waals surface area contributed by atoms with E-state index in [0.717, 1.165) is 24.9 Å². The number of anilines is 1. The van der Waals surface area contributed by atoms with Crippen LogP contribution < -0.4 is 10.6 Å². The van der Waals surface area contributed by atoms with E-state index in [1.165, 1.54) is 17.8 Å². The standard InChI is InChI=1S/C25H25ClFN5O3S2/c1-37(34)31-7-6-15-10-25(15,13-31)24-30-29-22(35-24)17-8-20-21(9-18(17)27)36-12-19(28)23(33)32(20)11-14-2-4-16(26)5-3-14/h2-5,8-9,15,19H,6-7,10-13,28H2,1H3/t15?,19-,25?,37?/m0/s1. The minimum Gasteiger partial charge on any atom is -0.420 e. The Labute approximate surface area is 225 Å². The summed E-state index contributed by atoms with van der Waals surface area (Å²) >= 11 is 7.37. The highest BCUT2D eigenvalue weighted by molar-refractivity contribution is 7.99. The largest absolute Gasteiger partial charge is 0.420 e. The number of hydrogen-bond donors (Lipinski definition) is 1. The molecule has 3 heterocycles. The Kier molecular flexibility index (Phi) is 6.39. The minimum atomic E-state index is -1.08. The zero-order chi connectivity index (χ0) is 25.9. The molecule has 37 heavy (non-hydrogen) atoms. The first-order valence-electron chi connectivity index (χ1n) is 12.0. The van der Waals surface area contributed by atoms with Gasteiger partial charge in [0.25, 0.3) is 5.89 Å². The molecule has 2 fully saturated rings. The molecular formula is C25H25ClFN5O3S2. The summed E-state index contributed by atoms with van der Waals surface area (Å²) in [6.07, 6.45) is 3.46. The van der Waals surface area contributed by atoms with Crippen molar-refractivity contribution in [1.29, 1.82) is 0 Å². The third kappa shape index (κ3) is 4.50. The smallest absolute Gasteiger partial charge is 0.250 e. The fraction of sp³-hybridized carbons (Fsp3) is 0.400. The quantitative estimate of drug-likeness (QED) is 0.506. The molecule has 0 bridgehead atoms. The molecule has 6 rings (SSSR count). The van der Waals surface area contributed by atoms with Crippen LogP contribution >= 0.6 is 23.4 Å². The van der Waals surface area contributed by atoms with Gasteiger partial charge in [0.2, 0.25) is 11.8 Å². The summed E-state index contributed by atoms with van der Waals surface area (Å²) in [6, 6.07) is 9.48. The van der Waals surface area contributed by atoms with Gasteiger partial charge < -0.3 is 15.1 Å². The average molecular weight is 562 g/mol. The maximum absolute atomic E-state index is 15.4. The van der Waals surface area contributed by atoms with Gasteiger partial charge in [-0.1, -0.05) is 23.7 Å². The van der Waals surface area contributed by atoms with E-state index in [2.05, 4.69) is 10.2 Å². The van der Waals surface area contributed by atoms with Crippen molar-refractivity contribution in [2.24, 2.45) is 11.7 Å². The van der Waals surface area contributed by atoms with Crippen molar-refractivity contribution < 1.29 is 17.8 Å². The van der Waals surface area contributed by atoms with Crippen LogP contribution in [0.15, 0.2) is 45.7 Å². The second kappa shape index (κ2) is 9.46. The van der Waals surface area contributed by atoms with Gasteiger partial charge in [-0.3, -0.25) is 4.79 Å². The van der Waals surface area contributed by atoms with E-state index in [9.17, 15) is 9.00 Å². The summed E-state index contributed by atoms with van der Waals surface area (Å²) in [4.78, 5) is 15.4. The van der Waals surface area contributed by atoms with Gasteiger partial charge in [-0.25, -0.2) is 12.9 Å². The molecule has 2 aromatic carbocycles. The second-order valence-corrected chi connectivity index (χ2v) is 12.7. The number of nitrogens with zero attached hydrogens (tertiary/aromatic N) is 4. The third-order valence-corrected chi connectivity index (χ3v) is 9.91. The molecule has 1 saturated heterocycles. The van der Waals surface area contributed by atoms with Crippen molar-refractivity contribution in [1.82, 2.24) is 14.5 Å². The van der Waals surface area contributed by atoms with Gasteiger partial charge in [0.1, 0.15) is 5.82 Å². The number of thioether (sulfide) groups is 1. The number of carbonyl (C=O) groups is 1. The molecule has 0 spiro atoms. The highest BCUT2D eigenvalue weighted by Gasteiger charge is 2.62. The molecule has 3 aliphatic rings. The first-order valence-corrected chi connectivity index (χ1v) is 14.8. The van der Waals surface area contributed by atoms with Gasteiger partial charge in [0, 0.05) is 35.0 Å². The van der Waals surface area contributed by atoms with Crippen LogP contribution in [-0.4, -0.2) is 55.8 Å². The highest BCUT2D eigenvalue weighted by atomic mass is 35.5. The summed E-state index contributed by atoms with van der Waals surface area (Å²) in [5.74, 6) is 0.471. The Morgan fingerprint density at radius 2 is 2.08 bits per heavy atom. The van der Waals surface area contributed by atoms with Gasteiger partial charge in [0.05, 0.1) is 40.2 Å². The molecule has 1 aromatic heterocycles. The monoisotopic (exact) mass is 561 g/mol. The molecule has 1 saturated carbocycles. The third-order valence-electron chi connectivity index (χ3n) is 7.46. The van der Waals surface area contributed by atoms with Gasteiger partial charge in [0.15, 0.2) is 0 Å². The van der Waals surface area contributed by atoms with Crippen molar-refractivity contribution in [3.8, 4) is 11.5 Å². The Morgan fingerprint density at radius 1 is 1.30 bits per heavy atom. The molecule has 1 aliphatic carbocycles. The first-order chi connectivity index (χ1) is 17.7. The molecule has 8 nitrogen and oxygen atoms in total. The van der Waals surface area contributed by atoms with Crippen molar-refractivity contribution in [2.45, 2.75) is 35.7 Å². The lowest BCUT2D eigenvalue weighted by Gasteiger charge is -2.28. The summed E-state index contributed by atoms with van der Waals surface area (Å²) < 4.78 is 35.4. The Balaban J connectivity index is 1.36. The van der Waals surface area contributed by atoms with Gasteiger partial charge >= 0.3 is 0 Å². The fourth-order valence-electron chi connectivity index (χ4n) is 5.27. The lowest BCUT2D eigenvalue weighted by Crippen LogP contribution is -2.44. The van der Waals surface area contributed by atoms with Crippen molar-refractivity contribution in [3.05, 3.63) is 58.7 Å². The van der Waals surface area contributed by atoms with Crippen LogP contribution in [0.2, 0.25) is 5.02 Å². The lowest BCUT2D eigenvalue weighted by atomic mass is 9.99. The van der Waals surface area contributed by atoms with E-state index in [-0.39, 0.29) is 29.3 Å². The molecule has 2 aliphatic heterocycles. The van der Waals surface area contributed by atoms with Crippen LogP contribution in [0.4, 0.5) is 10.1 Å². The molecule has 1 amide bonds. The van der Waals surface area contributed by atoms with Crippen LogP contribution in [0.5, 0.6) is 0 Å². The van der Waals surface area contributed by atoms with Crippen LogP contribution in [-0.2, 0) is 27.7 Å². The molecular weight excluding hydrogens is 537 g/mol.